The lowest BCUT2D eigenvalue weighted by Gasteiger charge is -2.30. The molecule has 2 heteroatoms. The first-order chi connectivity index (χ1) is 11.1. The van der Waals surface area contributed by atoms with Gasteiger partial charge in [-0.1, -0.05) is 75.8 Å². The Morgan fingerprint density at radius 2 is 1.29 bits per heavy atom. The van der Waals surface area contributed by atoms with Crippen molar-refractivity contribution in [3.05, 3.63) is 42.5 Å². The first-order valence-electron chi connectivity index (χ1n) is 9.46. The van der Waals surface area contributed by atoms with E-state index in [4.69, 9.17) is 0 Å². The number of halogens is 1. The van der Waals surface area contributed by atoms with Crippen molar-refractivity contribution in [3.8, 4) is 0 Å². The van der Waals surface area contributed by atoms with E-state index in [1.807, 2.05) is 0 Å². The maximum Gasteiger partial charge on any atom is 0.140 e. The summed E-state index contributed by atoms with van der Waals surface area (Å²) in [5.74, 6) is 0. The van der Waals surface area contributed by atoms with Crippen LogP contribution in [-0.2, 0) is 0 Å². The van der Waals surface area contributed by atoms with Gasteiger partial charge in [0, 0.05) is 5.39 Å². The van der Waals surface area contributed by atoms with E-state index in [0.717, 1.165) is 4.48 Å². The van der Waals surface area contributed by atoms with Crippen molar-refractivity contribution in [1.82, 2.24) is 4.48 Å². The third-order valence-electron chi connectivity index (χ3n) is 4.99. The minimum atomic E-state index is 0. The number of nitrogens with zero attached hydrogens (tertiary/aromatic N) is 1. The van der Waals surface area contributed by atoms with E-state index in [1.165, 1.54) is 74.4 Å². The van der Waals surface area contributed by atoms with Crippen molar-refractivity contribution in [2.24, 2.45) is 0 Å². The first kappa shape index (κ1) is 21.0. The second-order valence-electron chi connectivity index (χ2n) is 7.38. The molecule has 1 nitrogen and oxygen atoms in total. The summed E-state index contributed by atoms with van der Waals surface area (Å²) in [4.78, 5) is 0. The van der Waals surface area contributed by atoms with Gasteiger partial charge in [0.25, 0.3) is 0 Å². The number of hydrogen-bond acceptors (Lipinski definition) is 0. The number of fused-ring (bicyclic) bond motifs is 1. The van der Waals surface area contributed by atoms with Crippen molar-refractivity contribution >= 4 is 16.5 Å². The normalized spacial score (nSPS) is 11.5. The lowest BCUT2D eigenvalue weighted by atomic mass is 10.1. The fraction of sp³-hybridized carbons (Fsp3) is 0.545. The largest absolute Gasteiger partial charge is 1.00 e. The predicted molar refractivity (Wildman–Crippen MR) is 105 cm³/mol. The van der Waals surface area contributed by atoms with Crippen LogP contribution in [0.1, 0.15) is 58.3 Å². The van der Waals surface area contributed by atoms with E-state index < -0.39 is 0 Å². The Kier molecular flexibility index (Phi) is 9.39. The van der Waals surface area contributed by atoms with Crippen LogP contribution in [0.2, 0.25) is 0 Å². The second kappa shape index (κ2) is 10.7. The van der Waals surface area contributed by atoms with Crippen molar-refractivity contribution in [2.45, 2.75) is 58.3 Å². The van der Waals surface area contributed by atoms with Gasteiger partial charge >= 0.3 is 0 Å². The highest BCUT2D eigenvalue weighted by Gasteiger charge is 2.20. The molecule has 24 heavy (non-hydrogen) atoms. The topological polar surface area (TPSA) is 0 Å². The van der Waals surface area contributed by atoms with Crippen LogP contribution in [-0.4, -0.2) is 20.6 Å². The SMILES string of the molecule is CCCCCCCCCC[N+](C)(C)c1cccc2ccccc12.[Cl-]. The van der Waals surface area contributed by atoms with Crippen molar-refractivity contribution in [3.63, 3.8) is 0 Å². The van der Waals surface area contributed by atoms with Crippen LogP contribution >= 0.6 is 0 Å². The average molecular weight is 348 g/mol. The molecule has 0 spiro atoms. The molecular formula is C22H34ClN. The van der Waals surface area contributed by atoms with Gasteiger partial charge in [-0.15, -0.1) is 0 Å². The summed E-state index contributed by atoms with van der Waals surface area (Å²) in [6.45, 7) is 3.51. The average Bonchev–Trinajstić information content (AvgIpc) is 2.56. The van der Waals surface area contributed by atoms with Crippen LogP contribution in [0, 0.1) is 0 Å². The van der Waals surface area contributed by atoms with Crippen LogP contribution < -0.4 is 16.9 Å². The van der Waals surface area contributed by atoms with Crippen LogP contribution in [0.5, 0.6) is 0 Å². The molecule has 0 saturated carbocycles. The molecule has 0 aliphatic heterocycles. The molecule has 0 aromatic heterocycles. The molecule has 134 valence electrons. The molecule has 0 aliphatic rings. The zero-order valence-electron chi connectivity index (χ0n) is 15.7. The van der Waals surface area contributed by atoms with Crippen molar-refractivity contribution < 1.29 is 12.4 Å². The van der Waals surface area contributed by atoms with Gasteiger partial charge in [-0.05, 0) is 30.4 Å². The minimum absolute atomic E-state index is 0. The molecule has 0 heterocycles. The molecule has 2 aromatic carbocycles. The Balaban J connectivity index is 0.00000288. The van der Waals surface area contributed by atoms with E-state index >= 15 is 0 Å². The van der Waals surface area contributed by atoms with Crippen LogP contribution in [0.3, 0.4) is 0 Å². The second-order valence-corrected chi connectivity index (χ2v) is 7.38. The molecule has 0 unspecified atom stereocenters. The number of quaternary nitrogens is 1. The van der Waals surface area contributed by atoms with Gasteiger partial charge in [-0.25, -0.2) is 0 Å². The summed E-state index contributed by atoms with van der Waals surface area (Å²) in [6.07, 6.45) is 11.1. The Bertz CT molecular complexity index is 586. The lowest BCUT2D eigenvalue weighted by Crippen LogP contribution is -3.00. The molecular weight excluding hydrogens is 314 g/mol. The molecule has 0 amide bonds. The lowest BCUT2D eigenvalue weighted by molar-refractivity contribution is -0.00000499. The zero-order valence-corrected chi connectivity index (χ0v) is 16.5. The molecule has 0 fully saturated rings. The highest BCUT2D eigenvalue weighted by Crippen LogP contribution is 2.29. The van der Waals surface area contributed by atoms with Gasteiger partial charge in [-0.3, -0.25) is 4.48 Å². The number of benzene rings is 2. The fourth-order valence-corrected chi connectivity index (χ4v) is 3.50. The summed E-state index contributed by atoms with van der Waals surface area (Å²) in [7, 11) is 4.70. The van der Waals surface area contributed by atoms with Crippen molar-refractivity contribution in [2.75, 3.05) is 20.6 Å². The molecule has 0 aliphatic carbocycles. The minimum Gasteiger partial charge on any atom is -1.00 e. The third kappa shape index (κ3) is 6.11. The standard InChI is InChI=1S/C22H34N.ClH/c1-4-5-6-7-8-9-10-13-19-23(2,3)22-18-14-16-20-15-11-12-17-21(20)22;/h11-12,14-18H,4-10,13,19H2,1-3H3;1H/q+1;/p-1. The van der Waals surface area contributed by atoms with Gasteiger partial charge in [0.2, 0.25) is 0 Å². The molecule has 0 N–H and O–H groups in total. The van der Waals surface area contributed by atoms with Crippen LogP contribution in [0.15, 0.2) is 42.5 Å². The summed E-state index contributed by atoms with van der Waals surface area (Å²) in [5, 5.41) is 2.76. The predicted octanol–water partition coefficient (Wildman–Crippen LogP) is 3.55. The maximum atomic E-state index is 2.35. The van der Waals surface area contributed by atoms with E-state index in [1.54, 1.807) is 0 Å². The van der Waals surface area contributed by atoms with E-state index in [9.17, 15) is 0 Å². The van der Waals surface area contributed by atoms with Crippen molar-refractivity contribution in [1.29, 1.82) is 0 Å². The Hall–Kier alpha value is -1.05. The number of unbranched alkanes of at least 4 members (excludes halogenated alkanes) is 7. The van der Waals surface area contributed by atoms with Gasteiger partial charge in [-0.2, -0.15) is 0 Å². The van der Waals surface area contributed by atoms with E-state index in [0.29, 0.717) is 0 Å². The molecule has 2 rings (SSSR count). The quantitative estimate of drug-likeness (QED) is 0.455. The molecule has 0 bridgehead atoms. The van der Waals surface area contributed by atoms with Gasteiger partial charge in [0.15, 0.2) is 0 Å². The van der Waals surface area contributed by atoms with E-state index in [2.05, 4.69) is 63.5 Å². The Labute approximate surface area is 155 Å². The smallest absolute Gasteiger partial charge is 0.140 e. The first-order valence-corrected chi connectivity index (χ1v) is 9.46. The summed E-state index contributed by atoms with van der Waals surface area (Å²) < 4.78 is 0.983. The molecule has 0 atom stereocenters. The summed E-state index contributed by atoms with van der Waals surface area (Å²) >= 11 is 0. The molecule has 0 saturated heterocycles. The fourth-order valence-electron chi connectivity index (χ4n) is 3.50. The maximum absolute atomic E-state index is 2.35. The van der Waals surface area contributed by atoms with Crippen LogP contribution in [0.25, 0.3) is 10.8 Å². The monoisotopic (exact) mass is 347 g/mol. The highest BCUT2D eigenvalue weighted by atomic mass is 35.5. The molecule has 0 radical (unpaired) electrons. The van der Waals surface area contributed by atoms with Gasteiger partial charge < -0.3 is 12.4 Å². The summed E-state index contributed by atoms with van der Waals surface area (Å²) in [6, 6.07) is 15.5. The van der Waals surface area contributed by atoms with Gasteiger partial charge in [0.1, 0.15) is 5.69 Å². The summed E-state index contributed by atoms with van der Waals surface area (Å²) in [5.41, 5.74) is 1.45. The van der Waals surface area contributed by atoms with Gasteiger partial charge in [0.05, 0.1) is 20.6 Å². The third-order valence-corrected chi connectivity index (χ3v) is 4.99. The Morgan fingerprint density at radius 3 is 2.00 bits per heavy atom. The van der Waals surface area contributed by atoms with E-state index in [-0.39, 0.29) is 12.4 Å². The Morgan fingerprint density at radius 1 is 0.708 bits per heavy atom. The zero-order chi connectivity index (χ0) is 16.5. The van der Waals surface area contributed by atoms with Crippen LogP contribution in [0.4, 0.5) is 5.69 Å². The molecule has 2 aromatic rings. The highest BCUT2D eigenvalue weighted by molar-refractivity contribution is 5.93. The number of hydrogen-bond donors (Lipinski definition) is 0. The number of rotatable bonds is 10.